The average Bonchev–Trinajstić information content (AvgIpc) is 3.29. The summed E-state index contributed by atoms with van der Waals surface area (Å²) >= 11 is 0. The van der Waals surface area contributed by atoms with E-state index in [0.29, 0.717) is 11.6 Å². The molecule has 1 saturated carbocycles. The number of hydrogen-bond acceptors (Lipinski definition) is 3. The number of halogens is 1. The van der Waals surface area contributed by atoms with Crippen LogP contribution in [0, 0.1) is 12.7 Å². The number of aliphatic hydroxyl groups is 1. The highest BCUT2D eigenvalue weighted by atomic mass is 19.1. The molecule has 1 aliphatic rings. The van der Waals surface area contributed by atoms with E-state index in [2.05, 4.69) is 17.1 Å². The number of nitrogens with one attached hydrogen (secondary N) is 1. The minimum atomic E-state index is -0.134. The van der Waals surface area contributed by atoms with Crippen LogP contribution in [0.15, 0.2) is 18.2 Å². The third kappa shape index (κ3) is 4.77. The maximum atomic E-state index is 13.8. The highest BCUT2D eigenvalue weighted by Gasteiger charge is 2.28. The number of hydrogen-bond donors (Lipinski definition) is 2. The SMILES string of the molecule is CCNC(CCN(CCO)C1CC1)c1ccc(C)c(F)c1. The quantitative estimate of drug-likeness (QED) is 0.735. The minimum Gasteiger partial charge on any atom is -0.395 e. The van der Waals surface area contributed by atoms with Crippen LogP contribution in [0.4, 0.5) is 4.39 Å². The van der Waals surface area contributed by atoms with Crippen LogP contribution in [-0.2, 0) is 0 Å². The predicted octanol–water partition coefficient (Wildman–Crippen LogP) is 2.63. The van der Waals surface area contributed by atoms with Gasteiger partial charge in [0.05, 0.1) is 6.61 Å². The molecule has 2 rings (SSSR count). The van der Waals surface area contributed by atoms with Crippen LogP contribution < -0.4 is 5.32 Å². The van der Waals surface area contributed by atoms with E-state index in [-0.39, 0.29) is 18.5 Å². The zero-order valence-corrected chi connectivity index (χ0v) is 13.1. The van der Waals surface area contributed by atoms with Gasteiger partial charge in [-0.15, -0.1) is 0 Å². The minimum absolute atomic E-state index is 0.134. The molecule has 118 valence electrons. The smallest absolute Gasteiger partial charge is 0.126 e. The first-order valence-electron chi connectivity index (χ1n) is 8.00. The van der Waals surface area contributed by atoms with E-state index in [4.69, 9.17) is 5.11 Å². The molecule has 2 N–H and O–H groups in total. The molecule has 3 nitrogen and oxygen atoms in total. The summed E-state index contributed by atoms with van der Waals surface area (Å²) in [6.07, 6.45) is 3.42. The molecule has 0 bridgehead atoms. The topological polar surface area (TPSA) is 35.5 Å². The summed E-state index contributed by atoms with van der Waals surface area (Å²) in [7, 11) is 0. The van der Waals surface area contributed by atoms with Crippen LogP contribution in [0.25, 0.3) is 0 Å². The fraction of sp³-hybridized carbons (Fsp3) is 0.647. The van der Waals surface area contributed by atoms with Crippen LogP contribution in [0.1, 0.15) is 43.4 Å². The Morgan fingerprint density at radius 2 is 2.14 bits per heavy atom. The molecular formula is C17H27FN2O. The van der Waals surface area contributed by atoms with Gasteiger partial charge in [-0.25, -0.2) is 4.39 Å². The first kappa shape index (κ1) is 16.4. The predicted molar refractivity (Wildman–Crippen MR) is 83.9 cm³/mol. The van der Waals surface area contributed by atoms with Crippen LogP contribution in [0.5, 0.6) is 0 Å². The second-order valence-electron chi connectivity index (χ2n) is 5.90. The van der Waals surface area contributed by atoms with Crippen molar-refractivity contribution in [2.75, 3.05) is 26.2 Å². The summed E-state index contributed by atoms with van der Waals surface area (Å²) in [6.45, 7) is 6.62. The molecule has 0 amide bonds. The summed E-state index contributed by atoms with van der Waals surface area (Å²) in [5, 5.41) is 12.6. The Hall–Kier alpha value is -0.970. The van der Waals surface area contributed by atoms with Crippen molar-refractivity contribution in [1.82, 2.24) is 10.2 Å². The van der Waals surface area contributed by atoms with Crippen molar-refractivity contribution in [3.63, 3.8) is 0 Å². The standard InChI is InChI=1S/C17H27FN2O/c1-3-19-17(14-5-4-13(2)16(18)12-14)8-9-20(10-11-21)15-6-7-15/h4-5,12,15,17,19,21H,3,6-11H2,1-2H3. The molecule has 4 heteroatoms. The van der Waals surface area contributed by atoms with Crippen LogP contribution in [0.3, 0.4) is 0 Å². The highest BCUT2D eigenvalue weighted by molar-refractivity contribution is 5.25. The number of benzene rings is 1. The first-order chi connectivity index (χ1) is 10.2. The summed E-state index contributed by atoms with van der Waals surface area (Å²) in [5.74, 6) is -0.134. The number of aryl methyl sites for hydroxylation is 1. The van der Waals surface area contributed by atoms with Gasteiger partial charge in [0.1, 0.15) is 5.82 Å². The summed E-state index contributed by atoms with van der Waals surface area (Å²) < 4.78 is 13.8. The number of aliphatic hydroxyl groups excluding tert-OH is 1. The molecule has 1 aromatic rings. The van der Waals surface area contributed by atoms with Crippen LogP contribution in [0.2, 0.25) is 0 Å². The molecule has 1 aliphatic carbocycles. The van der Waals surface area contributed by atoms with Crippen molar-refractivity contribution in [3.8, 4) is 0 Å². The maximum absolute atomic E-state index is 13.8. The molecule has 1 unspecified atom stereocenters. The monoisotopic (exact) mass is 294 g/mol. The van der Waals surface area contributed by atoms with Gasteiger partial charge in [0.2, 0.25) is 0 Å². The second-order valence-corrected chi connectivity index (χ2v) is 5.90. The Kier molecular flexibility index (Phi) is 6.15. The second kappa shape index (κ2) is 7.87. The van der Waals surface area contributed by atoms with Crippen molar-refractivity contribution < 1.29 is 9.50 Å². The molecule has 0 aliphatic heterocycles. The van der Waals surface area contributed by atoms with Gasteiger partial charge in [-0.2, -0.15) is 0 Å². The van der Waals surface area contributed by atoms with E-state index < -0.39 is 0 Å². The molecule has 21 heavy (non-hydrogen) atoms. The first-order valence-corrected chi connectivity index (χ1v) is 8.00. The largest absolute Gasteiger partial charge is 0.395 e. The van der Waals surface area contributed by atoms with Crippen molar-refractivity contribution >= 4 is 0 Å². The number of rotatable bonds is 9. The van der Waals surface area contributed by atoms with Gasteiger partial charge in [-0.1, -0.05) is 19.1 Å². The van der Waals surface area contributed by atoms with Gasteiger partial charge < -0.3 is 10.4 Å². The third-order valence-electron chi connectivity index (χ3n) is 4.20. The zero-order chi connectivity index (χ0) is 15.2. The molecule has 0 radical (unpaired) electrons. The van der Waals surface area contributed by atoms with Crippen LogP contribution >= 0.6 is 0 Å². The Balaban J connectivity index is 1.98. The molecule has 0 spiro atoms. The van der Waals surface area contributed by atoms with E-state index in [0.717, 1.165) is 31.6 Å². The van der Waals surface area contributed by atoms with Crippen LogP contribution in [-0.4, -0.2) is 42.3 Å². The normalized spacial score (nSPS) is 16.4. The van der Waals surface area contributed by atoms with Gasteiger partial charge in [0, 0.05) is 25.2 Å². The van der Waals surface area contributed by atoms with Gasteiger partial charge >= 0.3 is 0 Å². The lowest BCUT2D eigenvalue weighted by Crippen LogP contribution is -2.33. The van der Waals surface area contributed by atoms with E-state index in [1.54, 1.807) is 13.0 Å². The lowest BCUT2D eigenvalue weighted by Gasteiger charge is -2.25. The molecule has 1 fully saturated rings. The zero-order valence-electron chi connectivity index (χ0n) is 13.1. The Bertz CT molecular complexity index is 448. The van der Waals surface area contributed by atoms with Gasteiger partial charge in [-0.05, 0) is 49.9 Å². The third-order valence-corrected chi connectivity index (χ3v) is 4.20. The molecule has 1 atom stereocenters. The molecular weight excluding hydrogens is 267 g/mol. The van der Waals surface area contributed by atoms with Gasteiger partial charge in [-0.3, -0.25) is 4.90 Å². The van der Waals surface area contributed by atoms with Gasteiger partial charge in [0.25, 0.3) is 0 Å². The Morgan fingerprint density at radius 1 is 1.38 bits per heavy atom. The van der Waals surface area contributed by atoms with E-state index in [9.17, 15) is 4.39 Å². The maximum Gasteiger partial charge on any atom is 0.126 e. The lowest BCUT2D eigenvalue weighted by molar-refractivity contribution is 0.182. The molecule has 0 aromatic heterocycles. The van der Waals surface area contributed by atoms with Crippen molar-refractivity contribution in [3.05, 3.63) is 35.1 Å². The summed E-state index contributed by atoms with van der Waals surface area (Å²) in [5.41, 5.74) is 1.70. The van der Waals surface area contributed by atoms with E-state index in [1.807, 2.05) is 12.1 Å². The average molecular weight is 294 g/mol. The van der Waals surface area contributed by atoms with E-state index >= 15 is 0 Å². The fourth-order valence-corrected chi connectivity index (χ4v) is 2.80. The number of nitrogens with zero attached hydrogens (tertiary/aromatic N) is 1. The molecule has 0 saturated heterocycles. The Morgan fingerprint density at radius 3 is 2.71 bits per heavy atom. The van der Waals surface area contributed by atoms with Crippen molar-refractivity contribution in [2.45, 2.75) is 45.2 Å². The summed E-state index contributed by atoms with van der Waals surface area (Å²) in [6, 6.07) is 6.33. The Labute approximate surface area is 127 Å². The van der Waals surface area contributed by atoms with E-state index in [1.165, 1.54) is 12.8 Å². The summed E-state index contributed by atoms with van der Waals surface area (Å²) in [4.78, 5) is 2.36. The van der Waals surface area contributed by atoms with Gasteiger partial charge in [0.15, 0.2) is 0 Å². The highest BCUT2D eigenvalue weighted by Crippen LogP contribution is 2.28. The molecule has 1 aromatic carbocycles. The molecule has 0 heterocycles. The van der Waals surface area contributed by atoms with Crippen molar-refractivity contribution in [1.29, 1.82) is 0 Å². The van der Waals surface area contributed by atoms with Crippen molar-refractivity contribution in [2.24, 2.45) is 0 Å². The lowest BCUT2D eigenvalue weighted by atomic mass is 10.0. The fourth-order valence-electron chi connectivity index (χ4n) is 2.80.